The van der Waals surface area contributed by atoms with E-state index in [-0.39, 0.29) is 17.7 Å². The van der Waals surface area contributed by atoms with Gasteiger partial charge in [0.1, 0.15) is 0 Å². The van der Waals surface area contributed by atoms with E-state index in [9.17, 15) is 9.59 Å². The van der Waals surface area contributed by atoms with Crippen LogP contribution < -0.4 is 11.2 Å². The maximum Gasteiger partial charge on any atom is 0.243 e. The van der Waals surface area contributed by atoms with E-state index < -0.39 is 0 Å². The quantitative estimate of drug-likeness (QED) is 0.446. The SMILES string of the molecule is CC(C(=O)N(C)N)c1ccc2c(c1)CC(=O)N2. The van der Waals surface area contributed by atoms with Crippen molar-refractivity contribution in [2.45, 2.75) is 19.3 Å². The number of fused-ring (bicyclic) bond motifs is 1. The molecule has 0 radical (unpaired) electrons. The number of benzene rings is 1. The van der Waals surface area contributed by atoms with Crippen LogP contribution in [0.4, 0.5) is 5.69 Å². The van der Waals surface area contributed by atoms with Gasteiger partial charge in [-0.25, -0.2) is 5.84 Å². The van der Waals surface area contributed by atoms with Crippen LogP contribution in [0.3, 0.4) is 0 Å². The maximum atomic E-state index is 11.7. The third-order valence-electron chi connectivity index (χ3n) is 2.97. The van der Waals surface area contributed by atoms with Crippen molar-refractivity contribution in [3.63, 3.8) is 0 Å². The van der Waals surface area contributed by atoms with E-state index in [1.54, 1.807) is 6.92 Å². The maximum absolute atomic E-state index is 11.7. The Morgan fingerprint density at radius 3 is 2.88 bits per heavy atom. The number of amides is 2. The largest absolute Gasteiger partial charge is 0.326 e. The molecule has 0 bridgehead atoms. The number of carbonyl (C=O) groups excluding carboxylic acids is 2. The molecule has 90 valence electrons. The van der Waals surface area contributed by atoms with Crippen LogP contribution >= 0.6 is 0 Å². The topological polar surface area (TPSA) is 75.4 Å². The minimum Gasteiger partial charge on any atom is -0.326 e. The zero-order valence-corrected chi connectivity index (χ0v) is 9.86. The first-order chi connectivity index (χ1) is 7.99. The minimum atomic E-state index is -0.300. The van der Waals surface area contributed by atoms with Gasteiger partial charge in [0.25, 0.3) is 0 Å². The summed E-state index contributed by atoms with van der Waals surface area (Å²) in [6, 6.07) is 5.56. The molecule has 1 aliphatic heterocycles. The smallest absolute Gasteiger partial charge is 0.243 e. The Kier molecular flexibility index (Phi) is 2.85. The number of hydrogen-bond donors (Lipinski definition) is 2. The van der Waals surface area contributed by atoms with Crippen molar-refractivity contribution in [2.75, 3.05) is 12.4 Å². The molecule has 1 aromatic rings. The second kappa shape index (κ2) is 4.18. The van der Waals surface area contributed by atoms with Crippen LogP contribution in [0.2, 0.25) is 0 Å². The predicted octanol–water partition coefficient (Wildman–Crippen LogP) is 0.617. The van der Waals surface area contributed by atoms with Crippen molar-refractivity contribution in [1.82, 2.24) is 5.01 Å². The second-order valence-electron chi connectivity index (χ2n) is 4.31. The van der Waals surface area contributed by atoms with Crippen LogP contribution in [0, 0.1) is 0 Å². The van der Waals surface area contributed by atoms with Gasteiger partial charge in [-0.1, -0.05) is 12.1 Å². The van der Waals surface area contributed by atoms with Crippen LogP contribution in [0.15, 0.2) is 18.2 Å². The van der Waals surface area contributed by atoms with E-state index in [0.29, 0.717) is 6.42 Å². The molecular weight excluding hydrogens is 218 g/mol. The Balaban J connectivity index is 2.27. The van der Waals surface area contributed by atoms with Gasteiger partial charge in [-0.3, -0.25) is 14.6 Å². The van der Waals surface area contributed by atoms with E-state index in [2.05, 4.69) is 5.32 Å². The molecular formula is C12H15N3O2. The number of likely N-dealkylation sites (N-methyl/N-ethyl adjacent to an activating group) is 1. The number of hydrogen-bond acceptors (Lipinski definition) is 3. The Morgan fingerprint density at radius 2 is 2.24 bits per heavy atom. The van der Waals surface area contributed by atoms with E-state index in [0.717, 1.165) is 21.8 Å². The monoisotopic (exact) mass is 233 g/mol. The van der Waals surface area contributed by atoms with Crippen LogP contribution in [-0.2, 0) is 16.0 Å². The van der Waals surface area contributed by atoms with Crippen molar-refractivity contribution >= 4 is 17.5 Å². The van der Waals surface area contributed by atoms with Gasteiger partial charge in [-0.2, -0.15) is 0 Å². The number of nitrogens with two attached hydrogens (primary N) is 1. The number of hydrazine groups is 1. The van der Waals surface area contributed by atoms with Gasteiger partial charge in [-0.15, -0.1) is 0 Å². The third-order valence-corrected chi connectivity index (χ3v) is 2.97. The fourth-order valence-electron chi connectivity index (χ4n) is 1.97. The van der Waals surface area contributed by atoms with Gasteiger partial charge in [0.15, 0.2) is 0 Å². The number of rotatable bonds is 2. The highest BCUT2D eigenvalue weighted by Crippen LogP contribution is 2.27. The molecule has 3 N–H and O–H groups in total. The molecule has 1 aromatic carbocycles. The van der Waals surface area contributed by atoms with E-state index in [1.165, 1.54) is 7.05 Å². The summed E-state index contributed by atoms with van der Waals surface area (Å²) in [6.07, 6.45) is 0.378. The molecule has 0 saturated carbocycles. The van der Waals surface area contributed by atoms with Crippen LogP contribution in [-0.4, -0.2) is 23.9 Å². The summed E-state index contributed by atoms with van der Waals surface area (Å²) < 4.78 is 0. The highest BCUT2D eigenvalue weighted by Gasteiger charge is 2.22. The first kappa shape index (κ1) is 11.6. The number of anilines is 1. The standard InChI is InChI=1S/C12H15N3O2/c1-7(12(17)15(2)13)8-3-4-10-9(5-8)6-11(16)14-10/h3-5,7H,6,13H2,1-2H3,(H,14,16). The zero-order valence-electron chi connectivity index (χ0n) is 9.86. The van der Waals surface area contributed by atoms with Crippen LogP contribution in [0.5, 0.6) is 0 Å². The van der Waals surface area contributed by atoms with Crippen LogP contribution in [0.25, 0.3) is 0 Å². The highest BCUT2D eigenvalue weighted by molar-refractivity contribution is 5.99. The molecule has 0 aliphatic carbocycles. The Labute approximate surface area is 99.6 Å². The van der Waals surface area contributed by atoms with Crippen molar-refractivity contribution in [2.24, 2.45) is 5.84 Å². The van der Waals surface area contributed by atoms with Crippen LogP contribution in [0.1, 0.15) is 24.0 Å². The molecule has 5 heteroatoms. The summed E-state index contributed by atoms with van der Waals surface area (Å²) in [5, 5.41) is 3.84. The van der Waals surface area contributed by atoms with Gasteiger partial charge >= 0.3 is 0 Å². The average Bonchev–Trinajstić information content (AvgIpc) is 2.65. The summed E-state index contributed by atoms with van der Waals surface area (Å²) in [5.74, 6) is 4.97. The average molecular weight is 233 g/mol. The van der Waals surface area contributed by atoms with Crippen molar-refractivity contribution < 1.29 is 9.59 Å². The van der Waals surface area contributed by atoms with Gasteiger partial charge in [0, 0.05) is 12.7 Å². The summed E-state index contributed by atoms with van der Waals surface area (Å²) >= 11 is 0. The first-order valence-electron chi connectivity index (χ1n) is 5.44. The number of nitrogens with one attached hydrogen (secondary N) is 1. The van der Waals surface area contributed by atoms with Crippen molar-refractivity contribution in [1.29, 1.82) is 0 Å². The third kappa shape index (κ3) is 2.14. The molecule has 0 aromatic heterocycles. The lowest BCUT2D eigenvalue weighted by atomic mass is 9.97. The van der Waals surface area contributed by atoms with Crippen molar-refractivity contribution in [3.8, 4) is 0 Å². The number of nitrogens with zero attached hydrogens (tertiary/aromatic N) is 1. The van der Waals surface area contributed by atoms with Gasteiger partial charge in [0.05, 0.1) is 12.3 Å². The molecule has 2 rings (SSSR count). The molecule has 0 spiro atoms. The Hall–Kier alpha value is -1.88. The van der Waals surface area contributed by atoms with E-state index in [4.69, 9.17) is 5.84 Å². The summed E-state index contributed by atoms with van der Waals surface area (Å²) in [6.45, 7) is 1.80. The summed E-state index contributed by atoms with van der Waals surface area (Å²) in [4.78, 5) is 22.9. The second-order valence-corrected chi connectivity index (χ2v) is 4.31. The van der Waals surface area contributed by atoms with Gasteiger partial charge < -0.3 is 5.32 Å². The predicted molar refractivity (Wildman–Crippen MR) is 64.1 cm³/mol. The molecule has 1 atom stereocenters. The molecule has 2 amide bonds. The molecule has 1 aliphatic rings. The molecule has 1 heterocycles. The van der Waals surface area contributed by atoms with Gasteiger partial charge in [-0.05, 0) is 24.1 Å². The molecule has 0 fully saturated rings. The lowest BCUT2D eigenvalue weighted by Crippen LogP contribution is -2.36. The fourth-order valence-corrected chi connectivity index (χ4v) is 1.97. The first-order valence-corrected chi connectivity index (χ1v) is 5.44. The molecule has 1 unspecified atom stereocenters. The highest BCUT2D eigenvalue weighted by atomic mass is 16.2. The Bertz CT molecular complexity index is 483. The minimum absolute atomic E-state index is 0.00734. The normalized spacial score (nSPS) is 15.1. The Morgan fingerprint density at radius 1 is 1.53 bits per heavy atom. The van der Waals surface area contributed by atoms with E-state index >= 15 is 0 Å². The van der Waals surface area contributed by atoms with Gasteiger partial charge in [0.2, 0.25) is 11.8 Å². The van der Waals surface area contributed by atoms with Crippen molar-refractivity contribution in [3.05, 3.63) is 29.3 Å². The van der Waals surface area contributed by atoms with E-state index in [1.807, 2.05) is 18.2 Å². The lowest BCUT2D eigenvalue weighted by molar-refractivity contribution is -0.131. The molecule has 17 heavy (non-hydrogen) atoms. The lowest BCUT2D eigenvalue weighted by Gasteiger charge is -2.17. The zero-order chi connectivity index (χ0) is 12.6. The summed E-state index contributed by atoms with van der Waals surface area (Å²) in [5.41, 5.74) is 2.65. The fraction of sp³-hybridized carbons (Fsp3) is 0.333. The number of carbonyl (C=O) groups is 2. The molecule has 0 saturated heterocycles. The summed E-state index contributed by atoms with van der Waals surface area (Å²) in [7, 11) is 1.53. The molecule has 5 nitrogen and oxygen atoms in total.